The van der Waals surface area contributed by atoms with Crippen LogP contribution in [-0.4, -0.2) is 22.0 Å². The van der Waals surface area contributed by atoms with Crippen LogP contribution in [0.1, 0.15) is 39.1 Å². The number of halogens is 1. The molecule has 21 heavy (non-hydrogen) atoms. The Bertz CT molecular complexity index is 685. The minimum atomic E-state index is -1.07. The molecule has 0 spiro atoms. The zero-order valence-corrected chi connectivity index (χ0v) is 12.8. The van der Waals surface area contributed by atoms with Gasteiger partial charge in [0.15, 0.2) is 0 Å². The molecular weight excluding hydrogens is 312 g/mol. The second-order valence-electron chi connectivity index (χ2n) is 4.34. The number of carboxylic acid groups (broad SMARTS) is 1. The van der Waals surface area contributed by atoms with E-state index < -0.39 is 11.9 Å². The zero-order chi connectivity index (χ0) is 15.4. The van der Waals surface area contributed by atoms with Crippen molar-refractivity contribution in [2.75, 3.05) is 5.32 Å². The molecule has 1 amide bonds. The SMILES string of the molecule is CCCc1cc(C(=O)Nc2ccsc2C(=O)O)cc(Cl)n1. The molecule has 0 atom stereocenters. The van der Waals surface area contributed by atoms with Crippen LogP contribution in [0.15, 0.2) is 23.6 Å². The summed E-state index contributed by atoms with van der Waals surface area (Å²) in [5, 5.41) is 13.5. The van der Waals surface area contributed by atoms with Gasteiger partial charge in [-0.05, 0) is 30.0 Å². The molecule has 0 radical (unpaired) electrons. The lowest BCUT2D eigenvalue weighted by molar-refractivity contribution is 0.0703. The van der Waals surface area contributed by atoms with Gasteiger partial charge in [0.1, 0.15) is 10.0 Å². The molecule has 0 unspecified atom stereocenters. The molecule has 0 saturated carbocycles. The number of carbonyl (C=O) groups is 2. The first kappa shape index (κ1) is 15.5. The molecule has 2 N–H and O–H groups in total. The van der Waals surface area contributed by atoms with Gasteiger partial charge in [0.2, 0.25) is 0 Å². The Kier molecular flexibility index (Phi) is 4.93. The number of anilines is 1. The molecule has 0 aliphatic carbocycles. The van der Waals surface area contributed by atoms with Crippen molar-refractivity contribution in [3.63, 3.8) is 0 Å². The lowest BCUT2D eigenvalue weighted by Crippen LogP contribution is -2.14. The van der Waals surface area contributed by atoms with E-state index in [1.807, 2.05) is 6.92 Å². The smallest absolute Gasteiger partial charge is 0.348 e. The molecule has 2 rings (SSSR count). The summed E-state index contributed by atoms with van der Waals surface area (Å²) in [6, 6.07) is 4.68. The van der Waals surface area contributed by atoms with Crippen LogP contribution in [-0.2, 0) is 6.42 Å². The summed E-state index contributed by atoms with van der Waals surface area (Å²) in [4.78, 5) is 27.5. The number of amides is 1. The Morgan fingerprint density at radius 2 is 2.19 bits per heavy atom. The third-order valence-corrected chi connectivity index (χ3v) is 3.82. The van der Waals surface area contributed by atoms with Crippen molar-refractivity contribution in [1.82, 2.24) is 4.98 Å². The highest BCUT2D eigenvalue weighted by Crippen LogP contribution is 2.23. The van der Waals surface area contributed by atoms with Crippen LogP contribution in [0, 0.1) is 0 Å². The summed E-state index contributed by atoms with van der Waals surface area (Å²) in [5.74, 6) is -1.47. The Balaban J connectivity index is 2.24. The van der Waals surface area contributed by atoms with E-state index in [9.17, 15) is 9.59 Å². The fourth-order valence-corrected chi connectivity index (χ4v) is 2.75. The van der Waals surface area contributed by atoms with Gasteiger partial charge >= 0.3 is 5.97 Å². The normalized spacial score (nSPS) is 10.4. The summed E-state index contributed by atoms with van der Waals surface area (Å²) in [5.41, 5.74) is 1.38. The molecule has 5 nitrogen and oxygen atoms in total. The number of nitrogens with one attached hydrogen (secondary N) is 1. The Labute approximate surface area is 130 Å². The molecular formula is C14H13ClN2O3S. The number of nitrogens with zero attached hydrogens (tertiary/aromatic N) is 1. The summed E-state index contributed by atoms with van der Waals surface area (Å²) in [7, 11) is 0. The molecule has 0 aliphatic heterocycles. The first-order valence-corrected chi connectivity index (χ1v) is 7.55. The lowest BCUT2D eigenvalue weighted by Gasteiger charge is -2.07. The van der Waals surface area contributed by atoms with Crippen molar-refractivity contribution in [3.05, 3.63) is 44.9 Å². The molecule has 0 bridgehead atoms. The van der Waals surface area contributed by atoms with E-state index in [4.69, 9.17) is 16.7 Å². The average molecular weight is 325 g/mol. The number of pyridine rings is 1. The first-order valence-electron chi connectivity index (χ1n) is 6.30. The van der Waals surface area contributed by atoms with E-state index in [1.54, 1.807) is 17.5 Å². The number of aromatic carboxylic acids is 1. The largest absolute Gasteiger partial charge is 0.477 e. The molecule has 110 valence electrons. The molecule has 2 aromatic heterocycles. The van der Waals surface area contributed by atoms with Crippen LogP contribution in [0.4, 0.5) is 5.69 Å². The van der Waals surface area contributed by atoms with Crippen LogP contribution >= 0.6 is 22.9 Å². The zero-order valence-electron chi connectivity index (χ0n) is 11.2. The maximum absolute atomic E-state index is 12.2. The van der Waals surface area contributed by atoms with Crippen LogP contribution in [0.25, 0.3) is 0 Å². The molecule has 0 saturated heterocycles. The predicted molar refractivity (Wildman–Crippen MR) is 82.5 cm³/mol. The molecule has 0 fully saturated rings. The molecule has 2 heterocycles. The van der Waals surface area contributed by atoms with Crippen LogP contribution < -0.4 is 5.32 Å². The van der Waals surface area contributed by atoms with Gasteiger partial charge in [0, 0.05) is 11.3 Å². The minimum Gasteiger partial charge on any atom is -0.477 e. The lowest BCUT2D eigenvalue weighted by atomic mass is 10.1. The fraction of sp³-hybridized carbons (Fsp3) is 0.214. The van der Waals surface area contributed by atoms with E-state index >= 15 is 0 Å². The highest BCUT2D eigenvalue weighted by Gasteiger charge is 2.16. The van der Waals surface area contributed by atoms with Crippen LogP contribution in [0.2, 0.25) is 5.15 Å². The maximum Gasteiger partial charge on any atom is 0.348 e. The predicted octanol–water partition coefficient (Wildman–Crippen LogP) is 3.70. The Morgan fingerprint density at radius 3 is 2.86 bits per heavy atom. The molecule has 7 heteroatoms. The van der Waals surface area contributed by atoms with Crippen molar-refractivity contribution < 1.29 is 14.7 Å². The summed E-state index contributed by atoms with van der Waals surface area (Å²) < 4.78 is 0. The van der Waals surface area contributed by atoms with Gasteiger partial charge in [-0.1, -0.05) is 24.9 Å². The van der Waals surface area contributed by atoms with Gasteiger partial charge in [0.25, 0.3) is 5.91 Å². The van der Waals surface area contributed by atoms with Crippen molar-refractivity contribution in [1.29, 1.82) is 0 Å². The first-order chi connectivity index (χ1) is 10.0. The number of thiophene rings is 1. The highest BCUT2D eigenvalue weighted by atomic mass is 35.5. The summed E-state index contributed by atoms with van der Waals surface area (Å²) in [6.45, 7) is 2.01. The van der Waals surface area contributed by atoms with Gasteiger partial charge in [-0.2, -0.15) is 0 Å². The number of carboxylic acids is 1. The number of aromatic nitrogens is 1. The molecule has 2 aromatic rings. The average Bonchev–Trinajstić information content (AvgIpc) is 2.86. The standard InChI is InChI=1S/C14H13ClN2O3S/c1-2-3-9-6-8(7-11(15)16-9)13(18)17-10-4-5-21-12(10)14(19)20/h4-7H,2-3H2,1H3,(H,17,18)(H,19,20). The summed E-state index contributed by atoms with van der Waals surface area (Å²) in [6.07, 6.45) is 1.61. The van der Waals surface area contributed by atoms with Crippen molar-refractivity contribution in [2.24, 2.45) is 0 Å². The van der Waals surface area contributed by atoms with E-state index in [0.717, 1.165) is 29.9 Å². The minimum absolute atomic E-state index is 0.0947. The molecule has 0 aromatic carbocycles. The quantitative estimate of drug-likeness (QED) is 0.822. The number of hydrogen-bond acceptors (Lipinski definition) is 4. The van der Waals surface area contributed by atoms with E-state index in [-0.39, 0.29) is 15.7 Å². The van der Waals surface area contributed by atoms with E-state index in [2.05, 4.69) is 10.3 Å². The number of rotatable bonds is 5. The second-order valence-corrected chi connectivity index (χ2v) is 5.65. The van der Waals surface area contributed by atoms with Crippen molar-refractivity contribution in [3.8, 4) is 0 Å². The van der Waals surface area contributed by atoms with Gasteiger partial charge in [0.05, 0.1) is 5.69 Å². The Morgan fingerprint density at radius 1 is 1.43 bits per heavy atom. The monoisotopic (exact) mass is 324 g/mol. The number of hydrogen-bond donors (Lipinski definition) is 2. The topological polar surface area (TPSA) is 79.3 Å². The second kappa shape index (κ2) is 6.69. The van der Waals surface area contributed by atoms with Gasteiger partial charge < -0.3 is 10.4 Å². The third kappa shape index (κ3) is 3.80. The van der Waals surface area contributed by atoms with Gasteiger partial charge in [-0.25, -0.2) is 9.78 Å². The number of aryl methyl sites for hydroxylation is 1. The Hall–Kier alpha value is -1.92. The fourth-order valence-electron chi connectivity index (χ4n) is 1.83. The third-order valence-electron chi connectivity index (χ3n) is 2.72. The van der Waals surface area contributed by atoms with E-state index in [1.165, 1.54) is 6.07 Å². The van der Waals surface area contributed by atoms with Crippen molar-refractivity contribution >= 4 is 40.5 Å². The summed E-state index contributed by atoms with van der Waals surface area (Å²) >= 11 is 6.97. The van der Waals surface area contributed by atoms with Gasteiger partial charge in [-0.3, -0.25) is 4.79 Å². The van der Waals surface area contributed by atoms with Crippen LogP contribution in [0.5, 0.6) is 0 Å². The highest BCUT2D eigenvalue weighted by molar-refractivity contribution is 7.12. The van der Waals surface area contributed by atoms with E-state index in [0.29, 0.717) is 5.56 Å². The van der Waals surface area contributed by atoms with Gasteiger partial charge in [-0.15, -0.1) is 11.3 Å². The molecule has 0 aliphatic rings. The maximum atomic E-state index is 12.2. The van der Waals surface area contributed by atoms with Crippen LogP contribution in [0.3, 0.4) is 0 Å². The van der Waals surface area contributed by atoms with Crippen molar-refractivity contribution in [2.45, 2.75) is 19.8 Å². The number of carbonyl (C=O) groups excluding carboxylic acids is 1.